The van der Waals surface area contributed by atoms with Crippen LogP contribution in [0.1, 0.15) is 12.5 Å². The Kier molecular flexibility index (Phi) is 4.27. The third-order valence-electron chi connectivity index (χ3n) is 3.70. The first kappa shape index (κ1) is 16.8. The van der Waals surface area contributed by atoms with E-state index < -0.39 is 22.9 Å². The summed E-state index contributed by atoms with van der Waals surface area (Å²) in [5.41, 5.74) is 0.445. The topological polar surface area (TPSA) is 53.8 Å². The number of pyridine rings is 1. The summed E-state index contributed by atoms with van der Waals surface area (Å²) >= 11 is -1.25. The van der Waals surface area contributed by atoms with Crippen LogP contribution < -0.4 is 0 Å². The largest absolute Gasteiger partial charge is 0.611 e. The SMILES string of the molecule is CC[S+]([O-])c1cccnc1-c1nc2cc(C(F)(F)F)ccc2n1C. The Balaban J connectivity index is 2.20. The maximum atomic E-state index is 12.9. The molecule has 0 fully saturated rings. The van der Waals surface area contributed by atoms with Crippen molar-refractivity contribution in [2.75, 3.05) is 5.75 Å². The van der Waals surface area contributed by atoms with E-state index in [9.17, 15) is 17.7 Å². The molecule has 0 aliphatic rings. The molecule has 0 saturated heterocycles. The molecule has 24 heavy (non-hydrogen) atoms. The summed E-state index contributed by atoms with van der Waals surface area (Å²) in [6.07, 6.45) is -2.88. The van der Waals surface area contributed by atoms with Gasteiger partial charge in [-0.15, -0.1) is 0 Å². The summed E-state index contributed by atoms with van der Waals surface area (Å²) in [5.74, 6) is 0.808. The van der Waals surface area contributed by atoms with Crippen LogP contribution in [0.15, 0.2) is 41.4 Å². The number of aryl methyl sites for hydroxylation is 1. The minimum atomic E-state index is -4.42. The van der Waals surface area contributed by atoms with Gasteiger partial charge in [-0.05, 0) is 48.4 Å². The Morgan fingerprint density at radius 3 is 2.67 bits per heavy atom. The van der Waals surface area contributed by atoms with E-state index in [2.05, 4.69) is 9.97 Å². The van der Waals surface area contributed by atoms with Gasteiger partial charge in [0.1, 0.15) is 5.75 Å². The van der Waals surface area contributed by atoms with E-state index in [0.717, 1.165) is 12.1 Å². The van der Waals surface area contributed by atoms with Crippen molar-refractivity contribution in [1.82, 2.24) is 14.5 Å². The smallest absolute Gasteiger partial charge is 0.416 e. The van der Waals surface area contributed by atoms with E-state index in [4.69, 9.17) is 0 Å². The molecule has 0 spiro atoms. The zero-order valence-corrected chi connectivity index (χ0v) is 13.8. The van der Waals surface area contributed by atoms with Crippen molar-refractivity contribution in [2.45, 2.75) is 18.0 Å². The molecular weight excluding hydrogens is 339 g/mol. The van der Waals surface area contributed by atoms with Gasteiger partial charge in [0, 0.05) is 13.2 Å². The summed E-state index contributed by atoms with van der Waals surface area (Å²) in [6, 6.07) is 6.79. The molecule has 1 unspecified atom stereocenters. The lowest BCUT2D eigenvalue weighted by Crippen LogP contribution is -2.08. The lowest BCUT2D eigenvalue weighted by atomic mass is 10.2. The second-order valence-corrected chi connectivity index (χ2v) is 6.89. The molecule has 0 aliphatic heterocycles. The van der Waals surface area contributed by atoms with Crippen LogP contribution in [-0.2, 0) is 24.4 Å². The van der Waals surface area contributed by atoms with E-state index in [-0.39, 0.29) is 5.52 Å². The minimum absolute atomic E-state index is 0.223. The van der Waals surface area contributed by atoms with Crippen molar-refractivity contribution in [1.29, 1.82) is 0 Å². The van der Waals surface area contributed by atoms with Crippen LogP contribution in [-0.4, -0.2) is 24.8 Å². The van der Waals surface area contributed by atoms with Crippen molar-refractivity contribution >= 4 is 22.2 Å². The molecule has 3 rings (SSSR count). The monoisotopic (exact) mass is 353 g/mol. The molecule has 1 atom stereocenters. The average Bonchev–Trinajstić information content (AvgIpc) is 2.89. The number of fused-ring (bicyclic) bond motifs is 1. The third-order valence-corrected chi connectivity index (χ3v) is 5.04. The molecule has 2 aromatic heterocycles. The van der Waals surface area contributed by atoms with E-state index >= 15 is 0 Å². The van der Waals surface area contributed by atoms with E-state index in [1.54, 1.807) is 36.9 Å². The van der Waals surface area contributed by atoms with Crippen LogP contribution in [0.3, 0.4) is 0 Å². The van der Waals surface area contributed by atoms with Crippen molar-refractivity contribution in [3.8, 4) is 11.5 Å². The zero-order valence-electron chi connectivity index (χ0n) is 13.0. The number of halogens is 3. The van der Waals surface area contributed by atoms with Crippen molar-refractivity contribution in [3.05, 3.63) is 42.1 Å². The van der Waals surface area contributed by atoms with Gasteiger partial charge >= 0.3 is 6.18 Å². The molecule has 126 valence electrons. The molecule has 4 nitrogen and oxygen atoms in total. The maximum Gasteiger partial charge on any atom is 0.416 e. The van der Waals surface area contributed by atoms with Crippen LogP contribution in [0.25, 0.3) is 22.6 Å². The molecule has 0 aliphatic carbocycles. The first-order valence-corrected chi connectivity index (χ1v) is 8.52. The molecule has 1 aromatic carbocycles. The zero-order chi connectivity index (χ0) is 17.5. The summed E-state index contributed by atoms with van der Waals surface area (Å²) < 4.78 is 52.5. The van der Waals surface area contributed by atoms with Crippen LogP contribution in [0.5, 0.6) is 0 Å². The van der Waals surface area contributed by atoms with E-state index in [0.29, 0.717) is 27.7 Å². The Morgan fingerprint density at radius 1 is 1.25 bits per heavy atom. The molecule has 8 heteroatoms. The fraction of sp³-hybridized carbons (Fsp3) is 0.250. The predicted molar refractivity (Wildman–Crippen MR) is 85.9 cm³/mol. The van der Waals surface area contributed by atoms with Gasteiger partial charge in [-0.2, -0.15) is 13.2 Å². The Morgan fingerprint density at radius 2 is 2.00 bits per heavy atom. The first-order chi connectivity index (χ1) is 11.3. The lowest BCUT2D eigenvalue weighted by Gasteiger charge is -2.11. The van der Waals surface area contributed by atoms with E-state index in [1.165, 1.54) is 6.07 Å². The average molecular weight is 353 g/mol. The molecule has 0 N–H and O–H groups in total. The number of aromatic nitrogens is 3. The van der Waals surface area contributed by atoms with Gasteiger partial charge in [-0.25, -0.2) is 9.97 Å². The fourth-order valence-electron chi connectivity index (χ4n) is 2.49. The van der Waals surface area contributed by atoms with Gasteiger partial charge in [0.15, 0.2) is 16.4 Å². The normalized spacial score (nSPS) is 13.4. The van der Waals surface area contributed by atoms with Gasteiger partial charge in [0.25, 0.3) is 0 Å². The number of rotatable bonds is 3. The molecule has 0 radical (unpaired) electrons. The first-order valence-electron chi connectivity index (χ1n) is 7.20. The second kappa shape index (κ2) is 6.10. The van der Waals surface area contributed by atoms with Crippen LogP contribution in [0.4, 0.5) is 13.2 Å². The van der Waals surface area contributed by atoms with Crippen molar-refractivity contribution in [3.63, 3.8) is 0 Å². The Bertz CT molecular complexity index is 892. The number of alkyl halides is 3. The summed E-state index contributed by atoms with van der Waals surface area (Å²) in [6.45, 7) is 1.79. The highest BCUT2D eigenvalue weighted by atomic mass is 32.2. The maximum absolute atomic E-state index is 12.9. The molecule has 0 bridgehead atoms. The molecule has 0 saturated carbocycles. The number of hydrogen-bond acceptors (Lipinski definition) is 3. The predicted octanol–water partition coefficient (Wildman–Crippen LogP) is 3.78. The molecular formula is C16H14F3N3OS. The quantitative estimate of drug-likeness (QED) is 0.674. The lowest BCUT2D eigenvalue weighted by molar-refractivity contribution is -0.137. The minimum Gasteiger partial charge on any atom is -0.611 e. The fourth-order valence-corrected chi connectivity index (χ4v) is 3.39. The van der Waals surface area contributed by atoms with Gasteiger partial charge in [-0.3, -0.25) is 0 Å². The van der Waals surface area contributed by atoms with Crippen LogP contribution in [0, 0.1) is 0 Å². The number of hydrogen-bond donors (Lipinski definition) is 0. The molecule has 3 aromatic rings. The summed E-state index contributed by atoms with van der Waals surface area (Å²) in [7, 11) is 1.70. The highest BCUT2D eigenvalue weighted by Crippen LogP contribution is 2.33. The van der Waals surface area contributed by atoms with Gasteiger partial charge in [-0.1, -0.05) is 0 Å². The third kappa shape index (κ3) is 2.87. The molecule has 2 heterocycles. The van der Waals surface area contributed by atoms with Crippen LogP contribution >= 0.6 is 0 Å². The Hall–Kier alpha value is -2.06. The van der Waals surface area contributed by atoms with E-state index in [1.807, 2.05) is 0 Å². The number of nitrogens with zero attached hydrogens (tertiary/aromatic N) is 3. The second-order valence-electron chi connectivity index (χ2n) is 5.18. The standard InChI is InChI=1S/C16H14F3N3OS/c1-3-24(23)13-5-4-8-20-14(13)15-21-11-9-10(16(17,18)19)6-7-12(11)22(15)2/h4-9H,3H2,1-2H3. The molecule has 0 amide bonds. The van der Waals surface area contributed by atoms with Crippen molar-refractivity contribution in [2.24, 2.45) is 7.05 Å². The van der Waals surface area contributed by atoms with Gasteiger partial charge < -0.3 is 9.12 Å². The Labute approximate surface area is 139 Å². The number of imidazole rings is 1. The van der Waals surface area contributed by atoms with Gasteiger partial charge in [0.2, 0.25) is 0 Å². The summed E-state index contributed by atoms with van der Waals surface area (Å²) in [5, 5.41) is 0. The highest BCUT2D eigenvalue weighted by Gasteiger charge is 2.31. The van der Waals surface area contributed by atoms with Crippen LogP contribution in [0.2, 0.25) is 0 Å². The highest BCUT2D eigenvalue weighted by molar-refractivity contribution is 7.91. The number of benzene rings is 1. The van der Waals surface area contributed by atoms with Gasteiger partial charge in [0.05, 0.1) is 16.6 Å². The van der Waals surface area contributed by atoms with Crippen molar-refractivity contribution < 1.29 is 17.7 Å². The summed E-state index contributed by atoms with van der Waals surface area (Å²) in [4.78, 5) is 9.07.